The molecule has 1 aromatic heterocycles. The van der Waals surface area contributed by atoms with Crippen LogP contribution in [-0.2, 0) is 6.54 Å². The number of hydrogen-bond donors (Lipinski definition) is 1. The maximum atomic E-state index is 13.9. The molecule has 2 aromatic carbocycles. The van der Waals surface area contributed by atoms with Gasteiger partial charge in [0.25, 0.3) is 0 Å². The fourth-order valence-corrected chi connectivity index (χ4v) is 2.10. The van der Waals surface area contributed by atoms with Crippen molar-refractivity contribution in [3.63, 3.8) is 0 Å². The van der Waals surface area contributed by atoms with Crippen LogP contribution in [0.15, 0.2) is 54.7 Å². The Kier molecular flexibility index (Phi) is 3.31. The van der Waals surface area contributed by atoms with Crippen molar-refractivity contribution < 1.29 is 9.13 Å². The summed E-state index contributed by atoms with van der Waals surface area (Å²) in [6.45, 7) is 0.218. The van der Waals surface area contributed by atoms with Crippen LogP contribution < -0.4 is 10.5 Å². The quantitative estimate of drug-likeness (QED) is 0.789. The lowest BCUT2D eigenvalue weighted by molar-refractivity contribution is 0.440. The van der Waals surface area contributed by atoms with Gasteiger partial charge < -0.3 is 10.5 Å². The van der Waals surface area contributed by atoms with Gasteiger partial charge in [0.2, 0.25) is 0 Å². The molecule has 0 atom stereocenters. The average Bonchev–Trinajstić information content (AvgIpc) is 2.49. The highest BCUT2D eigenvalue weighted by Gasteiger charge is 2.11. The molecule has 0 radical (unpaired) electrons. The van der Waals surface area contributed by atoms with Crippen LogP contribution >= 0.6 is 0 Å². The van der Waals surface area contributed by atoms with Gasteiger partial charge in [0.05, 0.1) is 5.52 Å². The molecular weight excluding hydrogens is 255 g/mol. The average molecular weight is 268 g/mol. The van der Waals surface area contributed by atoms with Crippen molar-refractivity contribution in [3.05, 3.63) is 66.1 Å². The number of hydrogen-bond acceptors (Lipinski definition) is 3. The summed E-state index contributed by atoms with van der Waals surface area (Å²) in [5, 5.41) is 0.834. The van der Waals surface area contributed by atoms with Crippen LogP contribution in [0.1, 0.15) is 5.56 Å². The molecule has 3 nitrogen and oxygen atoms in total. The van der Waals surface area contributed by atoms with Crippen LogP contribution in [0.5, 0.6) is 11.5 Å². The second kappa shape index (κ2) is 5.27. The molecule has 0 aliphatic heterocycles. The fraction of sp³-hybridized carbons (Fsp3) is 0.0625. The summed E-state index contributed by atoms with van der Waals surface area (Å²) >= 11 is 0. The van der Waals surface area contributed by atoms with E-state index < -0.39 is 5.82 Å². The fourth-order valence-electron chi connectivity index (χ4n) is 2.10. The van der Waals surface area contributed by atoms with Crippen molar-refractivity contribution in [1.82, 2.24) is 4.98 Å². The number of aromatic nitrogens is 1. The maximum Gasteiger partial charge on any atom is 0.167 e. The first-order valence-corrected chi connectivity index (χ1v) is 6.28. The smallest absolute Gasteiger partial charge is 0.167 e. The number of para-hydroxylation sites is 1. The van der Waals surface area contributed by atoms with Crippen LogP contribution in [0, 0.1) is 5.82 Å². The predicted octanol–water partition coefficient (Wildman–Crippen LogP) is 3.62. The summed E-state index contributed by atoms with van der Waals surface area (Å²) in [5.74, 6) is 0.315. The molecule has 0 spiro atoms. The minimum atomic E-state index is -0.422. The maximum absolute atomic E-state index is 13.9. The molecule has 0 amide bonds. The van der Waals surface area contributed by atoms with Gasteiger partial charge in [-0.3, -0.25) is 4.98 Å². The van der Waals surface area contributed by atoms with Gasteiger partial charge >= 0.3 is 0 Å². The molecule has 0 bridgehead atoms. The zero-order valence-corrected chi connectivity index (χ0v) is 10.7. The van der Waals surface area contributed by atoms with Gasteiger partial charge in [0, 0.05) is 23.7 Å². The number of ether oxygens (including phenoxy) is 1. The molecule has 0 fully saturated rings. The molecular formula is C16H13FN2O. The van der Waals surface area contributed by atoms with E-state index in [1.807, 2.05) is 24.3 Å². The summed E-state index contributed by atoms with van der Waals surface area (Å²) in [6.07, 6.45) is 1.71. The van der Waals surface area contributed by atoms with E-state index in [0.717, 1.165) is 10.9 Å². The molecule has 0 saturated heterocycles. The van der Waals surface area contributed by atoms with E-state index in [4.69, 9.17) is 10.5 Å². The molecule has 3 aromatic rings. The zero-order valence-electron chi connectivity index (χ0n) is 10.7. The van der Waals surface area contributed by atoms with Crippen molar-refractivity contribution in [2.75, 3.05) is 0 Å². The molecule has 2 N–H and O–H groups in total. The summed E-state index contributed by atoms with van der Waals surface area (Å²) in [6, 6.07) is 13.9. The molecule has 0 unspecified atom stereocenters. The molecule has 0 aliphatic rings. The molecule has 0 saturated carbocycles. The lowest BCUT2D eigenvalue weighted by Crippen LogP contribution is -2.01. The van der Waals surface area contributed by atoms with Gasteiger partial charge in [0.1, 0.15) is 5.75 Å². The van der Waals surface area contributed by atoms with Crippen LogP contribution in [0.4, 0.5) is 4.39 Å². The lowest BCUT2D eigenvalue weighted by Gasteiger charge is -2.12. The van der Waals surface area contributed by atoms with Crippen molar-refractivity contribution in [3.8, 4) is 11.5 Å². The zero-order chi connectivity index (χ0) is 13.9. The third-order valence-corrected chi connectivity index (χ3v) is 3.09. The molecule has 100 valence electrons. The van der Waals surface area contributed by atoms with Crippen molar-refractivity contribution in [1.29, 1.82) is 0 Å². The normalized spacial score (nSPS) is 10.7. The first-order chi connectivity index (χ1) is 9.79. The first-order valence-electron chi connectivity index (χ1n) is 6.28. The molecule has 4 heteroatoms. The largest absolute Gasteiger partial charge is 0.453 e. The van der Waals surface area contributed by atoms with Gasteiger partial charge in [-0.15, -0.1) is 0 Å². The van der Waals surface area contributed by atoms with E-state index in [-0.39, 0.29) is 12.3 Å². The minimum Gasteiger partial charge on any atom is -0.453 e. The van der Waals surface area contributed by atoms with Gasteiger partial charge in [-0.25, -0.2) is 4.39 Å². The number of pyridine rings is 1. The van der Waals surface area contributed by atoms with Crippen molar-refractivity contribution in [2.45, 2.75) is 6.54 Å². The van der Waals surface area contributed by atoms with Crippen LogP contribution in [0.3, 0.4) is 0 Å². The summed E-state index contributed by atoms with van der Waals surface area (Å²) in [4.78, 5) is 4.25. The Bertz CT molecular complexity index is 753. The standard InChI is InChI=1S/C16H13FN2O/c17-13-6-1-4-11(10-18)16(13)20-15-8-2-7-14-12(15)5-3-9-19-14/h1-9H,10,18H2. The Morgan fingerprint density at radius 1 is 1.05 bits per heavy atom. The van der Waals surface area contributed by atoms with Crippen LogP contribution in [0.25, 0.3) is 10.9 Å². The van der Waals surface area contributed by atoms with E-state index in [9.17, 15) is 4.39 Å². The van der Waals surface area contributed by atoms with Gasteiger partial charge in [-0.1, -0.05) is 18.2 Å². The highest BCUT2D eigenvalue weighted by atomic mass is 19.1. The summed E-state index contributed by atoms with van der Waals surface area (Å²) in [5.41, 5.74) is 7.06. The van der Waals surface area contributed by atoms with Gasteiger partial charge in [0.15, 0.2) is 11.6 Å². The predicted molar refractivity (Wildman–Crippen MR) is 76.1 cm³/mol. The number of nitrogens with zero attached hydrogens (tertiary/aromatic N) is 1. The number of fused-ring (bicyclic) bond motifs is 1. The van der Waals surface area contributed by atoms with Crippen molar-refractivity contribution in [2.24, 2.45) is 5.73 Å². The SMILES string of the molecule is NCc1cccc(F)c1Oc1cccc2ncccc12. The second-order valence-corrected chi connectivity index (χ2v) is 4.36. The van der Waals surface area contributed by atoms with E-state index >= 15 is 0 Å². The number of benzene rings is 2. The Labute approximate surface area is 115 Å². The Hall–Kier alpha value is -2.46. The summed E-state index contributed by atoms with van der Waals surface area (Å²) < 4.78 is 19.7. The highest BCUT2D eigenvalue weighted by Crippen LogP contribution is 2.32. The Balaban J connectivity index is 2.10. The number of rotatable bonds is 3. The monoisotopic (exact) mass is 268 g/mol. The number of nitrogens with two attached hydrogens (primary N) is 1. The molecule has 20 heavy (non-hydrogen) atoms. The lowest BCUT2D eigenvalue weighted by atomic mass is 10.1. The van der Waals surface area contributed by atoms with Gasteiger partial charge in [-0.2, -0.15) is 0 Å². The van der Waals surface area contributed by atoms with E-state index in [1.165, 1.54) is 6.07 Å². The third-order valence-electron chi connectivity index (χ3n) is 3.09. The first kappa shape index (κ1) is 12.6. The number of halogens is 1. The topological polar surface area (TPSA) is 48.1 Å². The Morgan fingerprint density at radius 3 is 2.75 bits per heavy atom. The molecule has 3 rings (SSSR count). The Morgan fingerprint density at radius 2 is 1.90 bits per heavy atom. The molecule has 0 aliphatic carbocycles. The second-order valence-electron chi connectivity index (χ2n) is 4.36. The van der Waals surface area contributed by atoms with Gasteiger partial charge in [-0.05, 0) is 30.3 Å². The van der Waals surface area contributed by atoms with Crippen LogP contribution in [0.2, 0.25) is 0 Å². The summed E-state index contributed by atoms with van der Waals surface area (Å²) in [7, 11) is 0. The molecule has 1 heterocycles. The highest BCUT2D eigenvalue weighted by molar-refractivity contribution is 5.85. The van der Waals surface area contributed by atoms with Crippen LogP contribution in [-0.4, -0.2) is 4.98 Å². The minimum absolute atomic E-state index is 0.173. The van der Waals surface area contributed by atoms with E-state index in [0.29, 0.717) is 11.3 Å². The van der Waals surface area contributed by atoms with E-state index in [2.05, 4.69) is 4.98 Å². The van der Waals surface area contributed by atoms with Crippen molar-refractivity contribution >= 4 is 10.9 Å². The third kappa shape index (κ3) is 2.21. The van der Waals surface area contributed by atoms with E-state index in [1.54, 1.807) is 24.4 Å².